The molecule has 3 aromatic rings. The summed E-state index contributed by atoms with van der Waals surface area (Å²) in [7, 11) is 0. The molecule has 10 nitrogen and oxygen atoms in total. The molecule has 1 aliphatic carbocycles. The zero-order valence-electron chi connectivity index (χ0n) is 22.2. The van der Waals surface area contributed by atoms with Crippen molar-refractivity contribution in [3.63, 3.8) is 0 Å². The minimum Gasteiger partial charge on any atom is -0.378 e. The summed E-state index contributed by atoms with van der Waals surface area (Å²) >= 11 is 0. The van der Waals surface area contributed by atoms with E-state index >= 15 is 0 Å². The molecule has 2 amide bonds. The van der Waals surface area contributed by atoms with Gasteiger partial charge >= 0.3 is 0 Å². The van der Waals surface area contributed by atoms with Crippen molar-refractivity contribution in [2.45, 2.75) is 18.9 Å². The summed E-state index contributed by atoms with van der Waals surface area (Å²) in [5.74, 6) is 0.676. The van der Waals surface area contributed by atoms with E-state index in [-0.39, 0.29) is 24.3 Å². The predicted octanol–water partition coefficient (Wildman–Crippen LogP) is 2.48. The van der Waals surface area contributed by atoms with Crippen molar-refractivity contribution in [1.82, 2.24) is 20.3 Å². The van der Waals surface area contributed by atoms with Gasteiger partial charge < -0.3 is 25.2 Å². The summed E-state index contributed by atoms with van der Waals surface area (Å²) in [5.41, 5.74) is 6.81. The number of pyridine rings is 1. The van der Waals surface area contributed by atoms with E-state index in [0.29, 0.717) is 32.0 Å². The van der Waals surface area contributed by atoms with Crippen molar-refractivity contribution in [3.8, 4) is 0 Å². The van der Waals surface area contributed by atoms with Gasteiger partial charge in [0.15, 0.2) is 0 Å². The van der Waals surface area contributed by atoms with Crippen LogP contribution in [-0.2, 0) is 27.2 Å². The second-order valence-electron chi connectivity index (χ2n) is 10.1. The van der Waals surface area contributed by atoms with Crippen LogP contribution in [0.3, 0.4) is 0 Å². The molecule has 0 unspecified atom stereocenters. The van der Waals surface area contributed by atoms with Gasteiger partial charge in [-0.2, -0.15) is 0 Å². The zero-order valence-corrected chi connectivity index (χ0v) is 22.2. The minimum absolute atomic E-state index is 0.0994. The Morgan fingerprint density at radius 2 is 1.85 bits per heavy atom. The van der Waals surface area contributed by atoms with E-state index < -0.39 is 0 Å². The molecule has 1 aromatic carbocycles. The Bertz CT molecular complexity index is 1460. The van der Waals surface area contributed by atoms with Gasteiger partial charge in [0.05, 0.1) is 37.1 Å². The molecule has 0 atom stereocenters. The highest BCUT2D eigenvalue weighted by Crippen LogP contribution is 2.35. The van der Waals surface area contributed by atoms with Crippen molar-refractivity contribution in [2.75, 3.05) is 54.5 Å². The average Bonchev–Trinajstić information content (AvgIpc) is 3.40. The number of amides is 2. The Morgan fingerprint density at radius 1 is 1.05 bits per heavy atom. The Kier molecular flexibility index (Phi) is 7.24. The molecule has 4 heterocycles. The van der Waals surface area contributed by atoms with Crippen LogP contribution in [0.25, 0.3) is 11.6 Å². The van der Waals surface area contributed by atoms with Gasteiger partial charge in [0.25, 0.3) is 0 Å². The smallest absolute Gasteiger partial charge is 0.243 e. The number of anilines is 3. The van der Waals surface area contributed by atoms with Crippen molar-refractivity contribution >= 4 is 40.7 Å². The van der Waals surface area contributed by atoms with E-state index in [9.17, 15) is 9.59 Å². The number of allylic oxidation sites excluding steroid dienone is 1. The summed E-state index contributed by atoms with van der Waals surface area (Å²) in [6.07, 6.45) is 7.74. The second-order valence-corrected chi connectivity index (χ2v) is 10.1. The van der Waals surface area contributed by atoms with Gasteiger partial charge in [0.2, 0.25) is 11.8 Å². The van der Waals surface area contributed by atoms with Crippen LogP contribution < -0.4 is 20.4 Å². The normalized spacial score (nSPS) is 16.6. The van der Waals surface area contributed by atoms with Crippen LogP contribution in [0, 0.1) is 0 Å². The summed E-state index contributed by atoms with van der Waals surface area (Å²) < 4.78 is 5.49. The highest BCUT2D eigenvalue weighted by Gasteiger charge is 2.28. The van der Waals surface area contributed by atoms with E-state index in [4.69, 9.17) is 4.74 Å². The van der Waals surface area contributed by atoms with Gasteiger partial charge in [0.1, 0.15) is 12.1 Å². The number of hydrogen-bond acceptors (Lipinski definition) is 8. The molecule has 2 saturated heterocycles. The SMILES string of the molecule is C=CC(=O)NC1CN(c2ccnc(CC(=O)Nc3ccc(C4=Cc5c(ncnc5N5CCOCC5)C4)cc3)c2)C1. The fourth-order valence-electron chi connectivity index (χ4n) is 5.27. The number of fused-ring (bicyclic) bond motifs is 1. The first-order valence-electron chi connectivity index (χ1n) is 13.5. The second kappa shape index (κ2) is 11.3. The van der Waals surface area contributed by atoms with E-state index in [1.807, 2.05) is 36.4 Å². The Labute approximate surface area is 232 Å². The van der Waals surface area contributed by atoms with Crippen LogP contribution >= 0.6 is 0 Å². The lowest BCUT2D eigenvalue weighted by molar-refractivity contribution is -0.117. The molecule has 0 spiro atoms. The highest BCUT2D eigenvalue weighted by molar-refractivity contribution is 5.94. The predicted molar refractivity (Wildman–Crippen MR) is 154 cm³/mol. The molecule has 2 N–H and O–H groups in total. The lowest BCUT2D eigenvalue weighted by atomic mass is 10.0. The van der Waals surface area contributed by atoms with Crippen molar-refractivity contribution in [1.29, 1.82) is 0 Å². The topological polar surface area (TPSA) is 113 Å². The molecule has 40 heavy (non-hydrogen) atoms. The molecule has 3 aliphatic rings. The Balaban J connectivity index is 1.05. The van der Waals surface area contributed by atoms with Crippen LogP contribution in [0.15, 0.2) is 61.6 Å². The fraction of sp³-hybridized carbons (Fsp3) is 0.300. The minimum atomic E-state index is -0.165. The van der Waals surface area contributed by atoms with Crippen molar-refractivity contribution in [2.24, 2.45) is 0 Å². The Hall–Kier alpha value is -4.57. The van der Waals surface area contributed by atoms with E-state index in [2.05, 4.69) is 48.0 Å². The molecule has 0 bridgehead atoms. The lowest BCUT2D eigenvalue weighted by Crippen LogP contribution is -2.59. The van der Waals surface area contributed by atoms with Gasteiger partial charge in [-0.05, 0) is 47.6 Å². The number of hydrogen-bond donors (Lipinski definition) is 2. The highest BCUT2D eigenvalue weighted by atomic mass is 16.5. The number of carbonyl (C=O) groups is 2. The summed E-state index contributed by atoms with van der Waals surface area (Å²) in [6.45, 7) is 7.98. The molecule has 204 valence electrons. The van der Waals surface area contributed by atoms with Crippen LogP contribution in [0.2, 0.25) is 0 Å². The number of rotatable bonds is 8. The molecule has 6 rings (SSSR count). The maximum atomic E-state index is 12.8. The Morgan fingerprint density at radius 3 is 2.62 bits per heavy atom. The van der Waals surface area contributed by atoms with Crippen molar-refractivity contribution < 1.29 is 14.3 Å². The average molecular weight is 538 g/mol. The number of morpholine rings is 1. The van der Waals surface area contributed by atoms with Crippen LogP contribution in [0.5, 0.6) is 0 Å². The molecule has 0 radical (unpaired) electrons. The third kappa shape index (κ3) is 5.57. The van der Waals surface area contributed by atoms with Gasteiger partial charge in [-0.15, -0.1) is 0 Å². The quantitative estimate of drug-likeness (QED) is 0.422. The lowest BCUT2D eigenvalue weighted by Gasteiger charge is -2.41. The summed E-state index contributed by atoms with van der Waals surface area (Å²) in [6, 6.07) is 11.8. The molecule has 2 aromatic heterocycles. The van der Waals surface area contributed by atoms with Crippen LogP contribution in [-0.4, -0.2) is 72.2 Å². The van der Waals surface area contributed by atoms with Crippen LogP contribution in [0.1, 0.15) is 22.5 Å². The maximum absolute atomic E-state index is 12.8. The number of carbonyl (C=O) groups excluding carboxylic acids is 2. The van der Waals surface area contributed by atoms with Gasteiger partial charge in [-0.3, -0.25) is 14.6 Å². The fourth-order valence-corrected chi connectivity index (χ4v) is 5.27. The molecule has 0 saturated carbocycles. The molecule has 2 aliphatic heterocycles. The summed E-state index contributed by atoms with van der Waals surface area (Å²) in [4.78, 5) is 42.1. The number of aromatic nitrogens is 3. The maximum Gasteiger partial charge on any atom is 0.243 e. The molecular formula is C30H31N7O3. The van der Waals surface area contributed by atoms with E-state index in [0.717, 1.165) is 53.5 Å². The monoisotopic (exact) mass is 537 g/mol. The summed E-state index contributed by atoms with van der Waals surface area (Å²) in [5, 5.41) is 5.87. The van der Waals surface area contributed by atoms with Crippen molar-refractivity contribution in [3.05, 3.63) is 84.1 Å². The number of nitrogens with zero attached hydrogens (tertiary/aromatic N) is 5. The van der Waals surface area contributed by atoms with Gasteiger partial charge in [-0.1, -0.05) is 18.7 Å². The van der Waals surface area contributed by atoms with Gasteiger partial charge in [-0.25, -0.2) is 9.97 Å². The van der Waals surface area contributed by atoms with Gasteiger partial charge in [0, 0.05) is 55.7 Å². The molecule has 10 heteroatoms. The standard InChI is InChI=1S/C30H31N7O3/c1-2-28(38)35-24-17-37(18-24)25-7-8-31-23(15-25)16-29(39)34-22-5-3-20(4-6-22)21-13-26-27(14-21)32-19-33-30(26)36-9-11-40-12-10-36/h2-8,13,15,19,24H,1,9-12,14,16-18H2,(H,34,39)(H,35,38). The number of nitrogens with one attached hydrogen (secondary N) is 2. The number of ether oxygens (including phenoxy) is 1. The number of benzene rings is 1. The third-order valence-electron chi connectivity index (χ3n) is 7.39. The zero-order chi connectivity index (χ0) is 27.5. The van der Waals surface area contributed by atoms with E-state index in [1.54, 1.807) is 12.5 Å². The first kappa shape index (κ1) is 25.7. The molecule has 2 fully saturated rings. The molecular weight excluding hydrogens is 506 g/mol. The first-order valence-corrected chi connectivity index (χ1v) is 13.5. The largest absolute Gasteiger partial charge is 0.378 e. The van der Waals surface area contributed by atoms with Crippen LogP contribution in [0.4, 0.5) is 17.2 Å². The van der Waals surface area contributed by atoms with E-state index in [1.165, 1.54) is 11.6 Å². The first-order chi connectivity index (χ1) is 19.6. The third-order valence-corrected chi connectivity index (χ3v) is 7.39.